The van der Waals surface area contributed by atoms with E-state index in [9.17, 15) is 14.9 Å². The number of rotatable bonds is 5. The van der Waals surface area contributed by atoms with E-state index in [0.717, 1.165) is 0 Å². The van der Waals surface area contributed by atoms with Gasteiger partial charge in [0.05, 0.1) is 10.8 Å². The van der Waals surface area contributed by atoms with Crippen LogP contribution in [0.5, 0.6) is 0 Å². The van der Waals surface area contributed by atoms with E-state index >= 15 is 0 Å². The zero-order valence-corrected chi connectivity index (χ0v) is 11.5. The van der Waals surface area contributed by atoms with E-state index < -0.39 is 4.92 Å². The zero-order valence-electron chi connectivity index (χ0n) is 10.7. The minimum Gasteiger partial charge on any atom is -0.330 e. The van der Waals surface area contributed by atoms with Gasteiger partial charge in [-0.25, -0.2) is 0 Å². The number of benzene rings is 1. The second-order valence-corrected chi connectivity index (χ2v) is 4.91. The van der Waals surface area contributed by atoms with Gasteiger partial charge in [0, 0.05) is 18.3 Å². The van der Waals surface area contributed by atoms with E-state index in [1.807, 2.05) is 13.8 Å². The smallest absolute Gasteiger partial charge is 0.289 e. The Balaban J connectivity index is 2.91. The van der Waals surface area contributed by atoms with Gasteiger partial charge in [0.15, 0.2) is 0 Å². The van der Waals surface area contributed by atoms with E-state index in [4.69, 9.17) is 17.3 Å². The number of hydrogen-bond acceptors (Lipinski definition) is 4. The molecule has 1 rings (SSSR count). The largest absolute Gasteiger partial charge is 0.330 e. The summed E-state index contributed by atoms with van der Waals surface area (Å²) in [6.45, 7) is 4.00. The van der Waals surface area contributed by atoms with Gasteiger partial charge < -0.3 is 11.1 Å². The Morgan fingerprint density at radius 2 is 2.16 bits per heavy atom. The maximum absolute atomic E-state index is 12.0. The Kier molecular flexibility index (Phi) is 5.26. The molecular formula is C12H16ClN3O3. The molecule has 1 atom stereocenters. The molecule has 0 aromatic heterocycles. The predicted molar refractivity (Wildman–Crippen MR) is 74.1 cm³/mol. The van der Waals surface area contributed by atoms with Crippen molar-refractivity contribution in [3.63, 3.8) is 0 Å². The molecule has 0 aliphatic carbocycles. The number of nitrogens with two attached hydrogens (primary N) is 1. The van der Waals surface area contributed by atoms with Crippen LogP contribution in [0.4, 0.5) is 11.4 Å². The predicted octanol–water partition coefficient (Wildman–Crippen LogP) is 2.42. The number of nitrogens with zero attached hydrogens (tertiary/aromatic N) is 1. The summed E-state index contributed by atoms with van der Waals surface area (Å²) in [6, 6.07) is 4.12. The maximum Gasteiger partial charge on any atom is 0.289 e. The Labute approximate surface area is 116 Å². The van der Waals surface area contributed by atoms with Crippen LogP contribution in [-0.4, -0.2) is 17.4 Å². The number of halogens is 1. The van der Waals surface area contributed by atoms with Crippen LogP contribution in [0.1, 0.15) is 13.8 Å². The first-order valence-corrected chi connectivity index (χ1v) is 6.19. The molecule has 1 aromatic carbocycles. The molecule has 6 nitrogen and oxygen atoms in total. The van der Waals surface area contributed by atoms with Crippen LogP contribution < -0.4 is 11.1 Å². The van der Waals surface area contributed by atoms with Crippen LogP contribution in [0.2, 0.25) is 5.02 Å². The number of nitro groups is 1. The van der Waals surface area contributed by atoms with Gasteiger partial charge in [0.1, 0.15) is 5.02 Å². The molecule has 0 spiro atoms. The highest BCUT2D eigenvalue weighted by Crippen LogP contribution is 2.27. The van der Waals surface area contributed by atoms with E-state index in [-0.39, 0.29) is 35.0 Å². The lowest BCUT2D eigenvalue weighted by molar-refractivity contribution is -0.384. The van der Waals surface area contributed by atoms with Gasteiger partial charge in [-0.1, -0.05) is 25.4 Å². The van der Waals surface area contributed by atoms with Gasteiger partial charge in [-0.05, 0) is 18.1 Å². The summed E-state index contributed by atoms with van der Waals surface area (Å²) in [6.07, 6.45) is 0. The van der Waals surface area contributed by atoms with Crippen molar-refractivity contribution < 1.29 is 9.72 Å². The van der Waals surface area contributed by atoms with Crippen molar-refractivity contribution >= 4 is 28.9 Å². The van der Waals surface area contributed by atoms with Crippen molar-refractivity contribution in [2.75, 3.05) is 11.9 Å². The fourth-order valence-electron chi connectivity index (χ4n) is 1.65. The fourth-order valence-corrected chi connectivity index (χ4v) is 1.83. The topological polar surface area (TPSA) is 98.3 Å². The van der Waals surface area contributed by atoms with Crippen LogP contribution in [0.15, 0.2) is 18.2 Å². The highest BCUT2D eigenvalue weighted by Gasteiger charge is 2.21. The first-order chi connectivity index (χ1) is 8.86. The van der Waals surface area contributed by atoms with Gasteiger partial charge in [-0.2, -0.15) is 0 Å². The summed E-state index contributed by atoms with van der Waals surface area (Å²) in [4.78, 5) is 22.1. The lowest BCUT2D eigenvalue weighted by atomic mass is 9.95. The SMILES string of the molecule is CC(C)C(CN)C(=O)Nc1ccc(Cl)c([N+](=O)[O-])c1. The monoisotopic (exact) mass is 285 g/mol. The van der Waals surface area contributed by atoms with Gasteiger partial charge >= 0.3 is 0 Å². The average molecular weight is 286 g/mol. The van der Waals surface area contributed by atoms with Crippen LogP contribution in [0, 0.1) is 22.0 Å². The number of amides is 1. The average Bonchev–Trinajstić information content (AvgIpc) is 2.31. The van der Waals surface area contributed by atoms with Crippen molar-refractivity contribution in [3.05, 3.63) is 33.3 Å². The number of anilines is 1. The normalized spacial score (nSPS) is 12.3. The molecule has 0 saturated carbocycles. The molecule has 0 heterocycles. The van der Waals surface area contributed by atoms with E-state index in [1.165, 1.54) is 18.2 Å². The molecule has 3 N–H and O–H groups in total. The Bertz CT molecular complexity index is 491. The molecule has 19 heavy (non-hydrogen) atoms. The molecule has 0 bridgehead atoms. The number of hydrogen-bond donors (Lipinski definition) is 2. The summed E-state index contributed by atoms with van der Waals surface area (Å²) >= 11 is 5.69. The third-order valence-corrected chi connectivity index (χ3v) is 3.13. The standard InChI is InChI=1S/C12H16ClN3O3/c1-7(2)9(6-14)12(17)15-8-3-4-10(13)11(5-8)16(18)19/h3-5,7,9H,6,14H2,1-2H3,(H,15,17). The van der Waals surface area contributed by atoms with E-state index in [2.05, 4.69) is 5.32 Å². The fraction of sp³-hybridized carbons (Fsp3) is 0.417. The van der Waals surface area contributed by atoms with Gasteiger partial charge in [0.25, 0.3) is 5.69 Å². The zero-order chi connectivity index (χ0) is 14.6. The molecule has 7 heteroatoms. The molecule has 1 aromatic rings. The minimum absolute atomic E-state index is 0.0298. The highest BCUT2D eigenvalue weighted by molar-refractivity contribution is 6.32. The maximum atomic E-state index is 12.0. The van der Waals surface area contributed by atoms with Gasteiger partial charge in [0.2, 0.25) is 5.91 Å². The summed E-state index contributed by atoms with van der Waals surface area (Å²) < 4.78 is 0. The number of carbonyl (C=O) groups is 1. The van der Waals surface area contributed by atoms with Crippen molar-refractivity contribution in [2.45, 2.75) is 13.8 Å². The molecule has 0 aliphatic rings. The second kappa shape index (κ2) is 6.49. The molecule has 1 amide bonds. The Morgan fingerprint density at radius 3 is 2.63 bits per heavy atom. The van der Waals surface area contributed by atoms with Crippen molar-refractivity contribution in [3.8, 4) is 0 Å². The number of nitrogens with one attached hydrogen (secondary N) is 1. The molecule has 0 radical (unpaired) electrons. The summed E-state index contributed by atoms with van der Waals surface area (Å²) in [5.74, 6) is -0.504. The second-order valence-electron chi connectivity index (χ2n) is 4.50. The quantitative estimate of drug-likeness (QED) is 0.641. The van der Waals surface area contributed by atoms with E-state index in [1.54, 1.807) is 0 Å². The third-order valence-electron chi connectivity index (χ3n) is 2.81. The van der Waals surface area contributed by atoms with Gasteiger partial charge in [-0.3, -0.25) is 14.9 Å². The van der Waals surface area contributed by atoms with Crippen LogP contribution in [-0.2, 0) is 4.79 Å². The van der Waals surface area contributed by atoms with Crippen molar-refractivity contribution in [2.24, 2.45) is 17.6 Å². The summed E-state index contributed by atoms with van der Waals surface area (Å²) in [5, 5.41) is 13.4. The number of nitro benzene ring substituents is 1. The van der Waals surface area contributed by atoms with Crippen LogP contribution in [0.25, 0.3) is 0 Å². The third kappa shape index (κ3) is 3.90. The van der Waals surface area contributed by atoms with Crippen LogP contribution in [0.3, 0.4) is 0 Å². The highest BCUT2D eigenvalue weighted by atomic mass is 35.5. The lowest BCUT2D eigenvalue weighted by Crippen LogP contribution is -2.33. The van der Waals surface area contributed by atoms with E-state index in [0.29, 0.717) is 5.69 Å². The Morgan fingerprint density at radius 1 is 1.53 bits per heavy atom. The van der Waals surface area contributed by atoms with Crippen molar-refractivity contribution in [1.82, 2.24) is 0 Å². The molecule has 104 valence electrons. The first-order valence-electron chi connectivity index (χ1n) is 5.81. The molecular weight excluding hydrogens is 270 g/mol. The van der Waals surface area contributed by atoms with Crippen LogP contribution >= 0.6 is 11.6 Å². The molecule has 0 fully saturated rings. The van der Waals surface area contributed by atoms with Crippen molar-refractivity contribution in [1.29, 1.82) is 0 Å². The number of carbonyl (C=O) groups excluding carboxylic acids is 1. The summed E-state index contributed by atoms with van der Waals surface area (Å²) in [7, 11) is 0. The first kappa shape index (κ1) is 15.4. The van der Waals surface area contributed by atoms with Gasteiger partial charge in [-0.15, -0.1) is 0 Å². The lowest BCUT2D eigenvalue weighted by Gasteiger charge is -2.18. The molecule has 0 saturated heterocycles. The summed E-state index contributed by atoms with van der Waals surface area (Å²) in [5.41, 5.74) is 5.63. The molecule has 1 unspecified atom stereocenters. The minimum atomic E-state index is -0.596. The Hall–Kier alpha value is -1.66. The molecule has 0 aliphatic heterocycles.